The number of anilines is 9. The van der Waals surface area contributed by atoms with Crippen LogP contribution in [0.2, 0.25) is 0 Å². The highest BCUT2D eigenvalue weighted by Crippen LogP contribution is 2.57. The Morgan fingerprint density at radius 2 is 0.747 bits per heavy atom. The van der Waals surface area contributed by atoms with Crippen molar-refractivity contribution in [3.8, 4) is 0 Å². The molecule has 0 saturated heterocycles. The Morgan fingerprint density at radius 3 is 1.20 bits per heavy atom. The van der Waals surface area contributed by atoms with Crippen LogP contribution in [0, 0.1) is 0 Å². The Bertz CT molecular complexity index is 4600. The van der Waals surface area contributed by atoms with Crippen LogP contribution in [0.3, 0.4) is 0 Å². The number of hydrogen-bond acceptors (Lipinski definition) is 4. The van der Waals surface area contributed by atoms with Gasteiger partial charge in [0, 0.05) is 56.0 Å². The molecule has 0 fully saturated rings. The molecule has 0 atom stereocenters. The zero-order valence-corrected chi connectivity index (χ0v) is 60.5. The monoisotopic (exact) mass is 1250 g/mol. The molecule has 95 heavy (non-hydrogen) atoms. The molecule has 5 aliphatic rings. The van der Waals surface area contributed by atoms with Gasteiger partial charge in [-0.25, -0.2) is 0 Å². The number of benzene rings is 9. The average molecular weight is 1250 g/mol. The molecule has 4 nitrogen and oxygen atoms in total. The van der Waals surface area contributed by atoms with Gasteiger partial charge in [-0.1, -0.05) is 241 Å². The van der Waals surface area contributed by atoms with E-state index in [0.717, 1.165) is 83.6 Å². The summed E-state index contributed by atoms with van der Waals surface area (Å²) in [6.07, 6.45) is 6.79. The third-order valence-corrected chi connectivity index (χ3v) is 24.6. The maximum atomic E-state index is 7.79. The Morgan fingerprint density at radius 1 is 0.358 bits per heavy atom. The van der Waals surface area contributed by atoms with Crippen LogP contribution in [0.1, 0.15) is 231 Å². The highest BCUT2D eigenvalue weighted by Gasteiger charge is 2.51. The third kappa shape index (κ3) is 10.0. The van der Waals surface area contributed by atoms with Gasteiger partial charge >= 0.3 is 0 Å². The Hall–Kier alpha value is -8.02. The fourth-order valence-electron chi connectivity index (χ4n) is 17.6. The minimum Gasteiger partial charge on any atom is -0.468 e. The molecule has 0 unspecified atom stereocenters. The summed E-state index contributed by atoms with van der Waals surface area (Å²) >= 11 is 0. The van der Waals surface area contributed by atoms with Crippen molar-refractivity contribution in [3.05, 3.63) is 249 Å². The Balaban J connectivity index is 1.08. The van der Waals surface area contributed by atoms with E-state index in [0.29, 0.717) is 0 Å². The molecule has 484 valence electrons. The van der Waals surface area contributed by atoms with E-state index >= 15 is 0 Å². The van der Waals surface area contributed by atoms with Crippen LogP contribution < -0.4 is 31.3 Å². The van der Waals surface area contributed by atoms with Gasteiger partial charge in [0.15, 0.2) is 0 Å². The van der Waals surface area contributed by atoms with Crippen molar-refractivity contribution in [1.82, 2.24) is 0 Å². The van der Waals surface area contributed by atoms with Gasteiger partial charge < -0.3 is 19.1 Å². The molecule has 1 aromatic heterocycles. The second-order valence-electron chi connectivity index (χ2n) is 35.4. The number of hydrogen-bond donors (Lipinski definition) is 0. The lowest BCUT2D eigenvalue weighted by molar-refractivity contribution is 0.332. The number of furan rings is 1. The summed E-state index contributed by atoms with van der Waals surface area (Å²) in [4.78, 5) is 7.96. The number of fused-ring (bicyclic) bond motifs is 9. The average Bonchev–Trinajstić information content (AvgIpc) is 1.68. The van der Waals surface area contributed by atoms with Crippen molar-refractivity contribution in [2.75, 3.05) is 14.7 Å². The van der Waals surface area contributed by atoms with E-state index in [-0.39, 0.29) is 55.4 Å². The number of nitrogens with zero attached hydrogens (tertiary/aromatic N) is 3. The van der Waals surface area contributed by atoms with Gasteiger partial charge in [-0.05, 0) is 227 Å². The van der Waals surface area contributed by atoms with E-state index < -0.39 is 0 Å². The molecule has 15 rings (SSSR count). The molecular weight excluding hydrogens is 1150 g/mol. The molecule has 3 heterocycles. The first-order valence-electron chi connectivity index (χ1n) is 35.6. The van der Waals surface area contributed by atoms with Gasteiger partial charge in [0.2, 0.25) is 0 Å². The van der Waals surface area contributed by atoms with Crippen LogP contribution in [0.15, 0.2) is 192 Å². The summed E-state index contributed by atoms with van der Waals surface area (Å²) in [5.41, 5.74) is 29.4. The molecule has 0 spiro atoms. The highest BCUT2D eigenvalue weighted by atomic mass is 16.3. The van der Waals surface area contributed by atoms with Gasteiger partial charge in [0.1, 0.15) is 5.58 Å². The molecule has 0 amide bonds. The second-order valence-corrected chi connectivity index (χ2v) is 35.4. The lowest BCUT2D eigenvalue weighted by Crippen LogP contribution is -2.61. The Labute approximate surface area is 569 Å². The number of rotatable bonds is 9. The van der Waals surface area contributed by atoms with Gasteiger partial charge in [-0.15, -0.1) is 0 Å². The van der Waals surface area contributed by atoms with Gasteiger partial charge in [-0.3, -0.25) is 0 Å². The summed E-state index contributed by atoms with van der Waals surface area (Å²) in [5, 5.41) is 1.15. The maximum Gasteiger partial charge on any atom is 0.297 e. The Kier molecular flexibility index (Phi) is 14.1. The van der Waals surface area contributed by atoms with E-state index in [4.69, 9.17) is 4.42 Å². The van der Waals surface area contributed by atoms with Crippen molar-refractivity contribution in [1.29, 1.82) is 0 Å². The standard InChI is InChI=1S/C90H100BN3O/c1-82(2,3)61-34-43-78-67(50-61)80-81(95-78)91-74-55-72-73(88(14,15)49-48-87(72,12)13)56-75(74)93(64-39-41-68-70(51-64)85(8,9)46-44-83(68,4)5)76-53-66(54-77(79(76)91)94(80)65-40-42-69-71(52-65)86(10,11)47-45-84(69,6)7)92(62-35-30-59(31-36-62)89(16,17)57-26-22-20-23-27-57)63-37-32-60(33-38-63)90(18,19)58-28-24-21-25-29-58/h20-43,50-56H,44-49H2,1-19H3. The van der Waals surface area contributed by atoms with Gasteiger partial charge in [-0.2, -0.15) is 0 Å². The summed E-state index contributed by atoms with van der Waals surface area (Å²) in [7, 11) is 0. The predicted molar refractivity (Wildman–Crippen MR) is 407 cm³/mol. The van der Waals surface area contributed by atoms with E-state index in [9.17, 15) is 0 Å². The zero-order chi connectivity index (χ0) is 67.1. The third-order valence-electron chi connectivity index (χ3n) is 24.6. The van der Waals surface area contributed by atoms with Crippen LogP contribution in [0.25, 0.3) is 11.0 Å². The fraction of sp³-hybridized carbons (Fsp3) is 0.378. The summed E-state index contributed by atoms with van der Waals surface area (Å²) in [5.74, 6) is 0. The molecule has 3 aliphatic carbocycles. The SMILES string of the molecule is CC(C)(C)c1ccc2oc3c(c2c1)N(c1ccc2c(c1)C(C)(C)CCC2(C)C)c1cc(N(c2ccc(C(C)(C)c4ccccc4)cc2)c2ccc(C(C)(C)c4ccccc4)cc2)cc2c1B3c1cc3c(cc1N2c1ccc2c(c1)C(C)(C)CCC2(C)C)C(C)(C)CCC3(C)C. The fourth-order valence-corrected chi connectivity index (χ4v) is 17.6. The van der Waals surface area contributed by atoms with Crippen molar-refractivity contribution in [2.24, 2.45) is 0 Å². The molecule has 0 radical (unpaired) electrons. The highest BCUT2D eigenvalue weighted by molar-refractivity contribution is 7.00. The normalized spacial score (nSPS) is 18.5. The van der Waals surface area contributed by atoms with Gasteiger partial charge in [0.25, 0.3) is 6.71 Å². The molecule has 0 N–H and O–H groups in total. The second kappa shape index (κ2) is 21.2. The van der Waals surface area contributed by atoms with Crippen LogP contribution in [0.5, 0.6) is 0 Å². The largest absolute Gasteiger partial charge is 0.468 e. The minimum atomic E-state index is -0.239. The topological polar surface area (TPSA) is 22.9 Å². The van der Waals surface area contributed by atoms with Crippen molar-refractivity contribution < 1.29 is 4.42 Å². The molecule has 10 aromatic rings. The van der Waals surface area contributed by atoms with Crippen LogP contribution in [-0.2, 0) is 48.7 Å². The molecule has 5 heteroatoms. The van der Waals surface area contributed by atoms with E-state index in [1.807, 2.05) is 0 Å². The quantitative estimate of drug-likeness (QED) is 0.134. The summed E-state index contributed by atoms with van der Waals surface area (Å²) < 4.78 is 7.79. The van der Waals surface area contributed by atoms with Crippen LogP contribution in [0.4, 0.5) is 51.2 Å². The molecule has 0 saturated carbocycles. The minimum absolute atomic E-state index is 0.0227. The molecule has 2 aliphatic heterocycles. The van der Waals surface area contributed by atoms with Crippen molar-refractivity contribution in [3.63, 3.8) is 0 Å². The summed E-state index contributed by atoms with van der Waals surface area (Å²) in [6, 6.07) is 73.7. The predicted octanol–water partition coefficient (Wildman–Crippen LogP) is 23.0. The molecule has 9 aromatic carbocycles. The zero-order valence-electron chi connectivity index (χ0n) is 60.5. The maximum absolute atomic E-state index is 7.79. The molecule has 0 bridgehead atoms. The first kappa shape index (κ1) is 63.1. The smallest absolute Gasteiger partial charge is 0.297 e. The molecular formula is C90H100BN3O. The first-order valence-corrected chi connectivity index (χ1v) is 35.6. The summed E-state index contributed by atoms with van der Waals surface area (Å²) in [6.45, 7) is 46.0. The van der Waals surface area contributed by atoms with E-state index in [2.05, 4.69) is 334 Å². The lowest BCUT2D eigenvalue weighted by atomic mass is 9.35. The van der Waals surface area contributed by atoms with E-state index in [1.54, 1.807) is 0 Å². The van der Waals surface area contributed by atoms with Gasteiger partial charge in [0.05, 0.1) is 17.0 Å². The van der Waals surface area contributed by atoms with Crippen LogP contribution in [-0.4, -0.2) is 6.71 Å². The van der Waals surface area contributed by atoms with Crippen molar-refractivity contribution in [2.45, 2.75) is 219 Å². The van der Waals surface area contributed by atoms with E-state index in [1.165, 1.54) is 94.9 Å². The lowest BCUT2D eigenvalue weighted by Gasteiger charge is -2.47. The van der Waals surface area contributed by atoms with Crippen molar-refractivity contribution >= 4 is 85.5 Å². The first-order chi connectivity index (χ1) is 44.7. The van der Waals surface area contributed by atoms with Crippen LogP contribution >= 0.6 is 0 Å².